The first-order chi connectivity index (χ1) is 12.7. The highest BCUT2D eigenvalue weighted by Gasteiger charge is 2.33. The van der Waals surface area contributed by atoms with E-state index in [2.05, 4.69) is 43.4 Å². The largest absolute Gasteiger partial charge is 0.505 e. The van der Waals surface area contributed by atoms with Crippen LogP contribution in [-0.2, 0) is 9.53 Å². The minimum absolute atomic E-state index is 0.356. The average molecular weight is 360 g/mol. The van der Waals surface area contributed by atoms with Crippen molar-refractivity contribution in [3.8, 4) is 0 Å². The molecular formula is C22H32O4. The van der Waals surface area contributed by atoms with Crippen LogP contribution >= 0.6 is 0 Å². The van der Waals surface area contributed by atoms with E-state index in [9.17, 15) is 15.0 Å². The molecule has 0 spiro atoms. The van der Waals surface area contributed by atoms with Crippen molar-refractivity contribution in [2.75, 3.05) is 0 Å². The molecule has 0 aliphatic carbocycles. The summed E-state index contributed by atoms with van der Waals surface area (Å²) in [7, 11) is 0. The molecule has 0 aromatic rings. The van der Waals surface area contributed by atoms with E-state index in [0.29, 0.717) is 12.8 Å². The molecule has 0 amide bonds. The Kier molecular flexibility index (Phi) is 11.7. The number of carbonyl (C=O) groups is 1. The first kappa shape index (κ1) is 21.8. The maximum atomic E-state index is 11.0. The number of esters is 1. The molecule has 0 bridgehead atoms. The molecule has 0 fully saturated rings. The van der Waals surface area contributed by atoms with Crippen molar-refractivity contribution in [3.63, 3.8) is 0 Å². The second-order valence-electron chi connectivity index (χ2n) is 6.29. The Morgan fingerprint density at radius 1 is 0.846 bits per heavy atom. The van der Waals surface area contributed by atoms with Crippen molar-refractivity contribution in [1.29, 1.82) is 0 Å². The summed E-state index contributed by atoms with van der Waals surface area (Å²) in [5.41, 5.74) is 0. The Morgan fingerprint density at radius 2 is 1.38 bits per heavy atom. The maximum Gasteiger partial charge on any atom is 0.377 e. The third-order valence-corrected chi connectivity index (χ3v) is 4.04. The van der Waals surface area contributed by atoms with Crippen molar-refractivity contribution >= 4 is 5.97 Å². The minimum Gasteiger partial charge on any atom is -0.505 e. The monoisotopic (exact) mass is 360 g/mol. The standard InChI is InChI=1S/C22H32O4/c1-2-3-4-5-6-7-8-9-10-11-12-13-14-15-16-17-18-19-20(23)21(24)22(25)26-19/h6-7,9-10,12-13,15-16,19,23-24H,2-5,8,11,14,17-18H2,1H3. The third-order valence-electron chi connectivity index (χ3n) is 4.04. The van der Waals surface area contributed by atoms with Gasteiger partial charge in [0.25, 0.3) is 0 Å². The Labute approximate surface area is 157 Å². The number of cyclic esters (lactones) is 1. The van der Waals surface area contributed by atoms with Gasteiger partial charge in [-0.3, -0.25) is 0 Å². The van der Waals surface area contributed by atoms with Crippen LogP contribution in [0.25, 0.3) is 0 Å². The first-order valence-electron chi connectivity index (χ1n) is 9.59. The summed E-state index contributed by atoms with van der Waals surface area (Å²) in [5.74, 6) is -1.87. The Balaban J connectivity index is 2.01. The fraction of sp³-hybridized carbons (Fsp3) is 0.500. The molecule has 0 aromatic carbocycles. The zero-order chi connectivity index (χ0) is 19.0. The van der Waals surface area contributed by atoms with Crippen LogP contribution in [0.1, 0.15) is 64.7 Å². The summed E-state index contributed by atoms with van der Waals surface area (Å²) >= 11 is 0. The number of rotatable bonds is 13. The van der Waals surface area contributed by atoms with Gasteiger partial charge in [-0.1, -0.05) is 68.4 Å². The van der Waals surface area contributed by atoms with Crippen molar-refractivity contribution in [2.45, 2.75) is 70.8 Å². The summed E-state index contributed by atoms with van der Waals surface area (Å²) in [6, 6.07) is 0. The van der Waals surface area contributed by atoms with Gasteiger partial charge < -0.3 is 14.9 Å². The van der Waals surface area contributed by atoms with Crippen LogP contribution in [-0.4, -0.2) is 22.3 Å². The van der Waals surface area contributed by atoms with Crippen LogP contribution in [0.4, 0.5) is 0 Å². The van der Waals surface area contributed by atoms with Crippen molar-refractivity contribution in [1.82, 2.24) is 0 Å². The molecule has 1 aliphatic rings. The lowest BCUT2D eigenvalue weighted by Gasteiger charge is -2.07. The Hall–Kier alpha value is -2.23. The number of aliphatic hydroxyl groups excluding tert-OH is 2. The van der Waals surface area contributed by atoms with Crippen LogP contribution in [0.15, 0.2) is 60.1 Å². The predicted octanol–water partition coefficient (Wildman–Crippen LogP) is 6.00. The molecule has 26 heavy (non-hydrogen) atoms. The summed E-state index contributed by atoms with van der Waals surface area (Å²) in [5, 5.41) is 18.7. The highest BCUT2D eigenvalue weighted by Crippen LogP contribution is 2.22. The summed E-state index contributed by atoms with van der Waals surface area (Å²) < 4.78 is 4.84. The molecule has 0 aromatic heterocycles. The third kappa shape index (κ3) is 9.30. The van der Waals surface area contributed by atoms with E-state index in [1.54, 1.807) is 0 Å². The Bertz CT molecular complexity index is 552. The number of unbranched alkanes of at least 4 members (excludes halogenated alkanes) is 3. The van der Waals surface area contributed by atoms with E-state index < -0.39 is 17.8 Å². The predicted molar refractivity (Wildman–Crippen MR) is 106 cm³/mol. The number of hydrogen-bond donors (Lipinski definition) is 2. The van der Waals surface area contributed by atoms with Gasteiger partial charge in [-0.25, -0.2) is 4.79 Å². The lowest BCUT2D eigenvalue weighted by Crippen LogP contribution is -2.10. The molecule has 4 heteroatoms. The van der Waals surface area contributed by atoms with Gasteiger partial charge in [0.1, 0.15) is 0 Å². The quantitative estimate of drug-likeness (QED) is 0.240. The van der Waals surface area contributed by atoms with Gasteiger partial charge in [-0.2, -0.15) is 0 Å². The second kappa shape index (κ2) is 14.0. The van der Waals surface area contributed by atoms with Crippen LogP contribution < -0.4 is 0 Å². The van der Waals surface area contributed by atoms with Gasteiger partial charge in [0.15, 0.2) is 11.9 Å². The van der Waals surface area contributed by atoms with Gasteiger partial charge in [0.2, 0.25) is 5.76 Å². The van der Waals surface area contributed by atoms with Crippen LogP contribution in [0.3, 0.4) is 0 Å². The summed E-state index contributed by atoms with van der Waals surface area (Å²) in [6.45, 7) is 2.22. The molecule has 4 nitrogen and oxygen atoms in total. The lowest BCUT2D eigenvalue weighted by molar-refractivity contribution is -0.142. The topological polar surface area (TPSA) is 66.8 Å². The van der Waals surface area contributed by atoms with Crippen molar-refractivity contribution in [2.24, 2.45) is 0 Å². The number of allylic oxidation sites excluding steroid dienone is 8. The van der Waals surface area contributed by atoms with E-state index in [0.717, 1.165) is 19.3 Å². The molecule has 0 radical (unpaired) electrons. The van der Waals surface area contributed by atoms with Gasteiger partial charge in [0, 0.05) is 0 Å². The second-order valence-corrected chi connectivity index (χ2v) is 6.29. The van der Waals surface area contributed by atoms with Crippen LogP contribution in [0.5, 0.6) is 0 Å². The number of ether oxygens (including phenoxy) is 1. The molecule has 144 valence electrons. The molecule has 1 rings (SSSR count). The fourth-order valence-electron chi connectivity index (χ4n) is 2.50. The lowest BCUT2D eigenvalue weighted by atomic mass is 10.1. The van der Waals surface area contributed by atoms with E-state index in [1.807, 2.05) is 12.2 Å². The minimum atomic E-state index is -0.848. The zero-order valence-electron chi connectivity index (χ0n) is 15.8. The van der Waals surface area contributed by atoms with Gasteiger partial charge in [-0.15, -0.1) is 0 Å². The molecular weight excluding hydrogens is 328 g/mol. The summed E-state index contributed by atoms with van der Waals surface area (Å²) in [6.07, 6.45) is 25.4. The average Bonchev–Trinajstić information content (AvgIpc) is 2.88. The van der Waals surface area contributed by atoms with Gasteiger partial charge in [-0.05, 0) is 44.9 Å². The molecule has 2 N–H and O–H groups in total. The van der Waals surface area contributed by atoms with E-state index in [-0.39, 0.29) is 5.76 Å². The zero-order valence-corrected chi connectivity index (χ0v) is 15.8. The number of hydrogen-bond acceptors (Lipinski definition) is 4. The molecule has 1 heterocycles. The fourth-order valence-corrected chi connectivity index (χ4v) is 2.50. The van der Waals surface area contributed by atoms with Crippen molar-refractivity contribution < 1.29 is 19.7 Å². The number of carbonyl (C=O) groups excluding carboxylic acids is 1. The normalized spacial score (nSPS) is 18.3. The smallest absolute Gasteiger partial charge is 0.377 e. The Morgan fingerprint density at radius 3 is 1.88 bits per heavy atom. The molecule has 1 aliphatic heterocycles. The van der Waals surface area contributed by atoms with Gasteiger partial charge in [0.05, 0.1) is 0 Å². The SMILES string of the molecule is CCCCCC=CCC=CCC=CCC=CCCC1OC(=O)C(O)=C1O. The van der Waals surface area contributed by atoms with Crippen LogP contribution in [0.2, 0.25) is 0 Å². The first-order valence-corrected chi connectivity index (χ1v) is 9.59. The maximum absolute atomic E-state index is 11.0. The van der Waals surface area contributed by atoms with E-state index in [4.69, 9.17) is 4.74 Å². The molecule has 1 atom stereocenters. The van der Waals surface area contributed by atoms with Crippen molar-refractivity contribution in [3.05, 3.63) is 60.1 Å². The van der Waals surface area contributed by atoms with E-state index >= 15 is 0 Å². The summed E-state index contributed by atoms with van der Waals surface area (Å²) in [4.78, 5) is 11.0. The highest BCUT2D eigenvalue weighted by atomic mass is 16.6. The van der Waals surface area contributed by atoms with E-state index in [1.165, 1.54) is 25.7 Å². The number of aliphatic hydroxyl groups is 2. The van der Waals surface area contributed by atoms with Crippen LogP contribution in [0, 0.1) is 0 Å². The molecule has 0 saturated carbocycles. The molecule has 0 saturated heterocycles. The highest BCUT2D eigenvalue weighted by molar-refractivity contribution is 5.88. The van der Waals surface area contributed by atoms with Gasteiger partial charge >= 0.3 is 5.97 Å². The molecule has 1 unspecified atom stereocenters.